The number of ether oxygens (including phenoxy) is 2. The molecule has 5 rings (SSSR count). The Morgan fingerprint density at radius 2 is 1.50 bits per heavy atom. The predicted molar refractivity (Wildman–Crippen MR) is 126 cm³/mol. The molecule has 0 N–H and O–H groups in total. The number of benzene rings is 2. The fourth-order valence-corrected chi connectivity index (χ4v) is 5.05. The highest BCUT2D eigenvalue weighted by Gasteiger charge is 2.23. The van der Waals surface area contributed by atoms with Gasteiger partial charge in [-0.05, 0) is 37.1 Å². The zero-order valence-corrected chi connectivity index (χ0v) is 19.2. The van der Waals surface area contributed by atoms with Crippen LogP contribution in [0.2, 0.25) is 0 Å². The van der Waals surface area contributed by atoms with Gasteiger partial charge in [-0.15, -0.1) is 0 Å². The van der Waals surface area contributed by atoms with Crippen molar-refractivity contribution in [2.24, 2.45) is 0 Å². The number of rotatable bonds is 7. The van der Waals surface area contributed by atoms with E-state index >= 15 is 0 Å². The van der Waals surface area contributed by atoms with E-state index in [1.165, 1.54) is 9.79 Å². The molecule has 0 radical (unpaired) electrons. The third kappa shape index (κ3) is 5.41. The Balaban J connectivity index is 1.35. The van der Waals surface area contributed by atoms with Gasteiger partial charge in [-0.25, -0.2) is 9.67 Å². The van der Waals surface area contributed by atoms with Crippen molar-refractivity contribution < 1.29 is 9.47 Å². The molecule has 1 aromatic heterocycles. The molecule has 6 nitrogen and oxygen atoms in total. The molecule has 2 fully saturated rings. The highest BCUT2D eigenvalue weighted by molar-refractivity contribution is 7.99. The smallest absolute Gasteiger partial charge is 0.158 e. The fourth-order valence-electron chi connectivity index (χ4n) is 4.22. The largest absolute Gasteiger partial charge is 0.381 e. The van der Waals surface area contributed by atoms with Crippen molar-refractivity contribution in [1.82, 2.24) is 19.7 Å². The Morgan fingerprint density at radius 3 is 2.25 bits per heavy atom. The van der Waals surface area contributed by atoms with Gasteiger partial charge < -0.3 is 9.47 Å². The van der Waals surface area contributed by atoms with Gasteiger partial charge in [-0.2, -0.15) is 5.10 Å². The number of hydrogen-bond acceptors (Lipinski definition) is 6. The van der Waals surface area contributed by atoms with Crippen LogP contribution < -0.4 is 0 Å². The first kappa shape index (κ1) is 21.6. The van der Waals surface area contributed by atoms with Gasteiger partial charge >= 0.3 is 0 Å². The van der Waals surface area contributed by atoms with Gasteiger partial charge in [0.1, 0.15) is 0 Å². The van der Waals surface area contributed by atoms with Gasteiger partial charge in [0, 0.05) is 54.1 Å². The monoisotopic (exact) mass is 450 g/mol. The van der Waals surface area contributed by atoms with E-state index in [0.717, 1.165) is 82.7 Å². The minimum absolute atomic E-state index is 0.389. The normalized spacial score (nSPS) is 18.1. The lowest BCUT2D eigenvalue weighted by atomic mass is 10.00. The summed E-state index contributed by atoms with van der Waals surface area (Å²) in [5.74, 6) is 2.32. The number of aromatic nitrogens is 3. The van der Waals surface area contributed by atoms with Crippen molar-refractivity contribution in [3.63, 3.8) is 0 Å². The first-order valence-corrected chi connectivity index (χ1v) is 12.3. The molecule has 2 saturated heterocycles. The minimum Gasteiger partial charge on any atom is -0.381 e. The fraction of sp³-hybridized carbons (Fsp3) is 0.440. The minimum atomic E-state index is 0.389. The summed E-state index contributed by atoms with van der Waals surface area (Å²) in [5.41, 5.74) is 1.12. The van der Waals surface area contributed by atoms with Crippen molar-refractivity contribution in [2.45, 2.75) is 35.1 Å². The lowest BCUT2D eigenvalue weighted by Crippen LogP contribution is -2.38. The molecule has 3 aromatic rings. The molecule has 2 aliphatic heterocycles. The first-order chi connectivity index (χ1) is 15.8. The molecule has 2 aliphatic rings. The second-order valence-electron chi connectivity index (χ2n) is 8.30. The summed E-state index contributed by atoms with van der Waals surface area (Å²) < 4.78 is 13.2. The summed E-state index contributed by atoms with van der Waals surface area (Å²) in [5, 5.41) is 4.97. The van der Waals surface area contributed by atoms with E-state index in [0.29, 0.717) is 5.92 Å². The number of hydrogen-bond donors (Lipinski definition) is 0. The maximum Gasteiger partial charge on any atom is 0.158 e. The molecule has 32 heavy (non-hydrogen) atoms. The molecule has 3 heterocycles. The Bertz CT molecular complexity index is 981. The van der Waals surface area contributed by atoms with Gasteiger partial charge in [0.15, 0.2) is 11.6 Å². The standard InChI is InChI=1S/C25H30N4O2S/c1-2-4-22(5-3-1)32-23-8-6-21(7-9-23)25-26-24(20-10-16-30-17-11-20)27-29(25)13-12-28-14-18-31-19-15-28/h1-9,20H,10-19H2. The average Bonchev–Trinajstić information content (AvgIpc) is 3.29. The Kier molecular flexibility index (Phi) is 7.18. The van der Waals surface area contributed by atoms with Crippen LogP contribution in [-0.4, -0.2) is 65.7 Å². The van der Waals surface area contributed by atoms with E-state index in [9.17, 15) is 0 Å². The molecule has 0 amide bonds. The Hall–Kier alpha value is -2.19. The molecule has 0 aliphatic carbocycles. The van der Waals surface area contributed by atoms with Crippen molar-refractivity contribution in [3.05, 3.63) is 60.4 Å². The van der Waals surface area contributed by atoms with Gasteiger partial charge in [0.2, 0.25) is 0 Å². The van der Waals surface area contributed by atoms with Crippen LogP contribution in [0.1, 0.15) is 24.6 Å². The SMILES string of the molecule is c1ccc(Sc2ccc(-c3nc(C4CCOCC4)nn3CCN3CCOCC3)cc2)cc1. The summed E-state index contributed by atoms with van der Waals surface area (Å²) in [7, 11) is 0. The van der Waals surface area contributed by atoms with Gasteiger partial charge in [0.25, 0.3) is 0 Å². The van der Waals surface area contributed by atoms with E-state index in [1.807, 2.05) is 6.07 Å². The van der Waals surface area contributed by atoms with Gasteiger partial charge in [0.05, 0.1) is 19.8 Å². The third-order valence-electron chi connectivity index (χ3n) is 6.10. The second kappa shape index (κ2) is 10.6. The van der Waals surface area contributed by atoms with Gasteiger partial charge in [-0.3, -0.25) is 4.90 Å². The van der Waals surface area contributed by atoms with Crippen LogP contribution in [0.4, 0.5) is 0 Å². The van der Waals surface area contributed by atoms with Crippen LogP contribution >= 0.6 is 11.8 Å². The maximum absolute atomic E-state index is 5.55. The zero-order chi connectivity index (χ0) is 21.6. The molecule has 7 heteroatoms. The van der Waals surface area contributed by atoms with Crippen molar-refractivity contribution >= 4 is 11.8 Å². The molecule has 0 saturated carbocycles. The highest BCUT2D eigenvalue weighted by atomic mass is 32.2. The van der Waals surface area contributed by atoms with E-state index in [2.05, 4.69) is 58.1 Å². The number of morpholine rings is 1. The quantitative estimate of drug-likeness (QED) is 0.534. The van der Waals surface area contributed by atoms with Crippen LogP contribution in [0.15, 0.2) is 64.4 Å². The third-order valence-corrected chi connectivity index (χ3v) is 7.11. The summed E-state index contributed by atoms with van der Waals surface area (Å²) in [6, 6.07) is 19.2. The molecule has 2 aromatic carbocycles. The first-order valence-electron chi connectivity index (χ1n) is 11.5. The lowest BCUT2D eigenvalue weighted by molar-refractivity contribution is 0.0360. The topological polar surface area (TPSA) is 52.4 Å². The zero-order valence-electron chi connectivity index (χ0n) is 18.4. The van der Waals surface area contributed by atoms with E-state index in [4.69, 9.17) is 19.6 Å². The summed E-state index contributed by atoms with van der Waals surface area (Å²) in [6.45, 7) is 7.02. The molecular weight excluding hydrogens is 420 g/mol. The Labute approximate surface area is 193 Å². The summed E-state index contributed by atoms with van der Waals surface area (Å²) >= 11 is 1.78. The Morgan fingerprint density at radius 1 is 0.812 bits per heavy atom. The van der Waals surface area contributed by atoms with Crippen molar-refractivity contribution in [2.75, 3.05) is 46.1 Å². The molecule has 0 unspecified atom stereocenters. The lowest BCUT2D eigenvalue weighted by Gasteiger charge is -2.26. The average molecular weight is 451 g/mol. The summed E-state index contributed by atoms with van der Waals surface area (Å²) in [4.78, 5) is 9.95. The molecule has 168 valence electrons. The van der Waals surface area contributed by atoms with E-state index < -0.39 is 0 Å². The van der Waals surface area contributed by atoms with Crippen LogP contribution in [0.5, 0.6) is 0 Å². The van der Waals surface area contributed by atoms with Crippen molar-refractivity contribution in [3.8, 4) is 11.4 Å². The molecule has 0 atom stereocenters. The van der Waals surface area contributed by atoms with Crippen LogP contribution in [-0.2, 0) is 16.0 Å². The van der Waals surface area contributed by atoms with Crippen LogP contribution in [0.3, 0.4) is 0 Å². The summed E-state index contributed by atoms with van der Waals surface area (Å²) in [6.07, 6.45) is 2.00. The molecule has 0 spiro atoms. The van der Waals surface area contributed by atoms with E-state index in [1.54, 1.807) is 11.8 Å². The van der Waals surface area contributed by atoms with Gasteiger partial charge in [-0.1, -0.05) is 42.1 Å². The maximum atomic E-state index is 5.55. The van der Waals surface area contributed by atoms with Crippen molar-refractivity contribution in [1.29, 1.82) is 0 Å². The highest BCUT2D eigenvalue weighted by Crippen LogP contribution is 2.31. The number of nitrogens with zero attached hydrogens (tertiary/aromatic N) is 4. The predicted octanol–water partition coefficient (Wildman–Crippen LogP) is 4.32. The van der Waals surface area contributed by atoms with Crippen LogP contribution in [0, 0.1) is 0 Å². The molecular formula is C25H30N4O2S. The van der Waals surface area contributed by atoms with E-state index in [-0.39, 0.29) is 0 Å². The molecule has 0 bridgehead atoms. The van der Waals surface area contributed by atoms with Crippen LogP contribution in [0.25, 0.3) is 11.4 Å². The second-order valence-corrected chi connectivity index (χ2v) is 9.44.